The molecule has 0 radical (unpaired) electrons. The lowest BCUT2D eigenvalue weighted by molar-refractivity contribution is 0.0168. The zero-order chi connectivity index (χ0) is 20.4. The molecule has 0 saturated carbocycles. The molecule has 0 aliphatic carbocycles. The molecule has 29 heavy (non-hydrogen) atoms. The number of hydrogen-bond acceptors (Lipinski definition) is 5. The predicted molar refractivity (Wildman–Crippen MR) is 109 cm³/mol. The molecule has 1 amide bonds. The van der Waals surface area contributed by atoms with Gasteiger partial charge in [0.05, 0.1) is 5.56 Å². The van der Waals surface area contributed by atoms with Gasteiger partial charge in [0.25, 0.3) is 5.91 Å². The van der Waals surface area contributed by atoms with Crippen LogP contribution in [0.2, 0.25) is 0 Å². The molecule has 0 spiro atoms. The molecule has 3 heterocycles. The predicted octanol–water partition coefficient (Wildman–Crippen LogP) is 2.95. The zero-order valence-corrected chi connectivity index (χ0v) is 16.7. The molecule has 150 valence electrons. The largest absolute Gasteiger partial charge is 0.507 e. The molecule has 1 N–H and O–H groups in total. The lowest BCUT2D eigenvalue weighted by Crippen LogP contribution is -2.53. The van der Waals surface area contributed by atoms with E-state index < -0.39 is 0 Å². The summed E-state index contributed by atoms with van der Waals surface area (Å²) >= 11 is 0. The Morgan fingerprint density at radius 2 is 2.07 bits per heavy atom. The van der Waals surface area contributed by atoms with E-state index in [9.17, 15) is 9.90 Å². The van der Waals surface area contributed by atoms with Gasteiger partial charge in [-0.25, -0.2) is 0 Å². The molecule has 2 aromatic rings. The average Bonchev–Trinajstić information content (AvgIpc) is 2.71. The summed E-state index contributed by atoms with van der Waals surface area (Å²) in [5.74, 6) is 1.21. The zero-order valence-electron chi connectivity index (χ0n) is 16.7. The van der Waals surface area contributed by atoms with Gasteiger partial charge in [-0.1, -0.05) is 6.07 Å². The van der Waals surface area contributed by atoms with Crippen LogP contribution in [0.1, 0.15) is 40.0 Å². The standard InChI is InChI=1S/C23H26N4O2/c1-16-6-7-25-21(9-16)23(29)27-8-2-3-18(15-27)20-13-26(14-20)12-17-4-5-22(28)19(10-17)11-24/h4-7,9-10,18,20,28H,2-3,8,12-15H2,1H3. The molecule has 1 aromatic carbocycles. The molecular weight excluding hydrogens is 364 g/mol. The first kappa shape index (κ1) is 19.4. The number of carbonyl (C=O) groups excluding carboxylic acids is 1. The normalized spacial score (nSPS) is 20.1. The second kappa shape index (κ2) is 8.22. The topological polar surface area (TPSA) is 80.5 Å². The first-order valence-corrected chi connectivity index (χ1v) is 10.2. The number of phenols is 1. The average molecular weight is 390 g/mol. The number of aromatic hydroxyl groups is 1. The molecule has 2 aliphatic heterocycles. The number of likely N-dealkylation sites (tertiary alicyclic amines) is 2. The van der Waals surface area contributed by atoms with Gasteiger partial charge in [0.2, 0.25) is 0 Å². The Balaban J connectivity index is 1.31. The van der Waals surface area contributed by atoms with Crippen LogP contribution >= 0.6 is 0 Å². The minimum atomic E-state index is 0.0350. The molecule has 6 heteroatoms. The van der Waals surface area contributed by atoms with Crippen LogP contribution in [-0.2, 0) is 6.54 Å². The van der Waals surface area contributed by atoms with E-state index in [0.717, 1.165) is 50.3 Å². The minimum Gasteiger partial charge on any atom is -0.507 e. The van der Waals surface area contributed by atoms with E-state index >= 15 is 0 Å². The molecular formula is C23H26N4O2. The highest BCUT2D eigenvalue weighted by Gasteiger charge is 2.36. The molecule has 1 atom stereocenters. The number of amides is 1. The number of pyridine rings is 1. The smallest absolute Gasteiger partial charge is 0.272 e. The lowest BCUT2D eigenvalue weighted by atomic mass is 9.80. The maximum Gasteiger partial charge on any atom is 0.272 e. The van der Waals surface area contributed by atoms with Crippen LogP contribution < -0.4 is 0 Å². The van der Waals surface area contributed by atoms with Gasteiger partial charge in [0.1, 0.15) is 17.5 Å². The van der Waals surface area contributed by atoms with Crippen molar-refractivity contribution in [1.29, 1.82) is 5.26 Å². The monoisotopic (exact) mass is 390 g/mol. The number of aromatic nitrogens is 1. The number of benzene rings is 1. The van der Waals surface area contributed by atoms with Crippen LogP contribution in [0.4, 0.5) is 0 Å². The summed E-state index contributed by atoms with van der Waals surface area (Å²) in [5.41, 5.74) is 2.97. The van der Waals surface area contributed by atoms with Gasteiger partial charge in [-0.3, -0.25) is 14.7 Å². The lowest BCUT2D eigenvalue weighted by Gasteiger charge is -2.46. The van der Waals surface area contributed by atoms with Crippen LogP contribution in [0.15, 0.2) is 36.5 Å². The number of aryl methyl sites for hydroxylation is 1. The number of carbonyl (C=O) groups is 1. The van der Waals surface area contributed by atoms with E-state index in [4.69, 9.17) is 5.26 Å². The Hall–Kier alpha value is -2.91. The third kappa shape index (κ3) is 4.25. The molecule has 2 fully saturated rings. The Morgan fingerprint density at radius 3 is 2.83 bits per heavy atom. The molecule has 2 aliphatic rings. The van der Waals surface area contributed by atoms with E-state index in [-0.39, 0.29) is 11.7 Å². The van der Waals surface area contributed by atoms with Crippen molar-refractivity contribution < 1.29 is 9.90 Å². The summed E-state index contributed by atoms with van der Waals surface area (Å²) in [5, 5.41) is 18.7. The number of nitrogens with zero attached hydrogens (tertiary/aromatic N) is 4. The summed E-state index contributed by atoms with van der Waals surface area (Å²) < 4.78 is 0. The van der Waals surface area contributed by atoms with Crippen molar-refractivity contribution in [3.05, 3.63) is 58.9 Å². The van der Waals surface area contributed by atoms with Gasteiger partial charge in [-0.2, -0.15) is 5.26 Å². The van der Waals surface area contributed by atoms with Gasteiger partial charge in [0.15, 0.2) is 0 Å². The summed E-state index contributed by atoms with van der Waals surface area (Å²) in [6.45, 7) is 6.41. The van der Waals surface area contributed by atoms with Crippen molar-refractivity contribution >= 4 is 5.91 Å². The molecule has 4 rings (SSSR count). The van der Waals surface area contributed by atoms with Crippen LogP contribution in [-0.4, -0.2) is 52.0 Å². The van der Waals surface area contributed by atoms with E-state index in [1.807, 2.05) is 36.1 Å². The second-order valence-electron chi connectivity index (χ2n) is 8.29. The fourth-order valence-electron chi connectivity index (χ4n) is 4.46. The van der Waals surface area contributed by atoms with E-state index in [1.165, 1.54) is 6.42 Å². The summed E-state index contributed by atoms with van der Waals surface area (Å²) in [7, 11) is 0. The Morgan fingerprint density at radius 1 is 1.24 bits per heavy atom. The minimum absolute atomic E-state index is 0.0350. The number of hydrogen-bond donors (Lipinski definition) is 1. The van der Waals surface area contributed by atoms with Crippen LogP contribution in [0.3, 0.4) is 0 Å². The first-order chi connectivity index (χ1) is 14.0. The van der Waals surface area contributed by atoms with Crippen molar-refractivity contribution in [2.75, 3.05) is 26.2 Å². The second-order valence-corrected chi connectivity index (χ2v) is 8.29. The van der Waals surface area contributed by atoms with Crippen molar-refractivity contribution in [3.8, 4) is 11.8 Å². The number of nitriles is 1. The first-order valence-electron chi connectivity index (χ1n) is 10.2. The quantitative estimate of drug-likeness (QED) is 0.868. The highest BCUT2D eigenvalue weighted by molar-refractivity contribution is 5.92. The van der Waals surface area contributed by atoms with Gasteiger partial charge in [-0.15, -0.1) is 0 Å². The highest BCUT2D eigenvalue weighted by Crippen LogP contribution is 2.32. The van der Waals surface area contributed by atoms with Crippen molar-refractivity contribution in [2.24, 2.45) is 11.8 Å². The Bertz CT molecular complexity index is 946. The fourth-order valence-corrected chi connectivity index (χ4v) is 4.46. The SMILES string of the molecule is Cc1ccnc(C(=O)N2CCCC(C3CN(Cc4ccc(O)c(C#N)c4)C3)C2)c1. The maximum absolute atomic E-state index is 12.8. The van der Waals surface area contributed by atoms with E-state index in [1.54, 1.807) is 18.3 Å². The number of rotatable bonds is 4. The summed E-state index contributed by atoms with van der Waals surface area (Å²) in [4.78, 5) is 21.4. The third-order valence-corrected chi connectivity index (χ3v) is 6.12. The maximum atomic E-state index is 12.8. The summed E-state index contributed by atoms with van der Waals surface area (Å²) in [6.07, 6.45) is 3.92. The highest BCUT2D eigenvalue weighted by atomic mass is 16.3. The third-order valence-electron chi connectivity index (χ3n) is 6.12. The van der Waals surface area contributed by atoms with Crippen molar-refractivity contribution in [2.45, 2.75) is 26.3 Å². The van der Waals surface area contributed by atoms with Crippen LogP contribution in [0.5, 0.6) is 5.75 Å². The van der Waals surface area contributed by atoms with Crippen LogP contribution in [0, 0.1) is 30.1 Å². The van der Waals surface area contributed by atoms with Crippen molar-refractivity contribution in [3.63, 3.8) is 0 Å². The summed E-state index contributed by atoms with van der Waals surface area (Å²) in [6, 6.07) is 11.0. The Kier molecular flexibility index (Phi) is 5.50. The molecule has 0 bridgehead atoms. The number of piperidine rings is 1. The van der Waals surface area contributed by atoms with Gasteiger partial charge in [-0.05, 0) is 67.0 Å². The van der Waals surface area contributed by atoms with Gasteiger partial charge >= 0.3 is 0 Å². The van der Waals surface area contributed by atoms with Gasteiger partial charge < -0.3 is 10.0 Å². The van der Waals surface area contributed by atoms with Crippen LogP contribution in [0.25, 0.3) is 0 Å². The van der Waals surface area contributed by atoms with Gasteiger partial charge in [0, 0.05) is 38.9 Å². The molecule has 1 unspecified atom stereocenters. The molecule has 1 aromatic heterocycles. The van der Waals surface area contributed by atoms with Crippen molar-refractivity contribution in [1.82, 2.24) is 14.8 Å². The van der Waals surface area contributed by atoms with E-state index in [2.05, 4.69) is 9.88 Å². The molecule has 2 saturated heterocycles. The van der Waals surface area contributed by atoms with E-state index in [0.29, 0.717) is 23.1 Å². The molecule has 6 nitrogen and oxygen atoms in total. The Labute approximate surface area is 171 Å². The fraction of sp³-hybridized carbons (Fsp3) is 0.435. The number of phenolic OH excluding ortho intramolecular Hbond substituents is 1.